The lowest BCUT2D eigenvalue weighted by atomic mass is 9.83. The van der Waals surface area contributed by atoms with Gasteiger partial charge in [-0.15, -0.1) is 0 Å². The molecule has 2 aromatic carbocycles. The Morgan fingerprint density at radius 1 is 1.10 bits per heavy atom. The first-order chi connectivity index (χ1) is 15.1. The highest BCUT2D eigenvalue weighted by Gasteiger charge is 2.36. The number of likely N-dealkylation sites (tertiary alicyclic amines) is 2. The third kappa shape index (κ3) is 5.25. The summed E-state index contributed by atoms with van der Waals surface area (Å²) in [6, 6.07) is 18.9. The van der Waals surface area contributed by atoms with Crippen LogP contribution in [-0.4, -0.2) is 54.4 Å². The molecule has 2 saturated heterocycles. The summed E-state index contributed by atoms with van der Waals surface area (Å²) in [6.45, 7) is 4.91. The second-order valence-electron chi connectivity index (χ2n) is 8.63. The summed E-state index contributed by atoms with van der Waals surface area (Å²) >= 11 is 0. The number of benzene rings is 2. The monoisotopic (exact) mass is 419 g/mol. The first-order valence-electron chi connectivity index (χ1n) is 11.3. The zero-order valence-electron chi connectivity index (χ0n) is 18.3. The number of aliphatic imine (C=N–C) groups is 1. The van der Waals surface area contributed by atoms with E-state index < -0.39 is 5.91 Å². The average Bonchev–Trinajstić information content (AvgIpc) is 2.80. The normalized spacial score (nSPS) is 22.1. The van der Waals surface area contributed by atoms with E-state index in [0.29, 0.717) is 24.1 Å². The number of nitrogens with two attached hydrogens (primary N) is 1. The van der Waals surface area contributed by atoms with Crippen LogP contribution in [0.3, 0.4) is 0 Å². The van der Waals surface area contributed by atoms with Crippen LogP contribution < -0.4 is 11.1 Å². The van der Waals surface area contributed by atoms with Crippen molar-refractivity contribution in [3.63, 3.8) is 0 Å². The van der Waals surface area contributed by atoms with E-state index in [0.717, 1.165) is 37.6 Å². The molecule has 3 N–H and O–H groups in total. The molecule has 0 spiro atoms. The number of carbonyl (C=O) groups excluding carboxylic acids is 1. The zero-order valence-corrected chi connectivity index (χ0v) is 18.3. The van der Waals surface area contributed by atoms with E-state index in [1.54, 1.807) is 6.07 Å². The first-order valence-corrected chi connectivity index (χ1v) is 11.3. The van der Waals surface area contributed by atoms with E-state index in [1.807, 2.05) is 25.2 Å². The lowest BCUT2D eigenvalue weighted by Gasteiger charge is -2.48. The van der Waals surface area contributed by atoms with E-state index in [-0.39, 0.29) is 0 Å². The van der Waals surface area contributed by atoms with Gasteiger partial charge in [-0.3, -0.25) is 14.7 Å². The van der Waals surface area contributed by atoms with Crippen molar-refractivity contribution >= 4 is 11.9 Å². The van der Waals surface area contributed by atoms with Gasteiger partial charge in [0, 0.05) is 44.8 Å². The lowest BCUT2D eigenvalue weighted by Crippen LogP contribution is -2.56. The number of primary amides is 1. The number of rotatable bonds is 5. The van der Waals surface area contributed by atoms with Crippen molar-refractivity contribution in [2.45, 2.75) is 38.4 Å². The van der Waals surface area contributed by atoms with Crippen molar-refractivity contribution < 1.29 is 4.79 Å². The van der Waals surface area contributed by atoms with Crippen LogP contribution in [-0.2, 0) is 13.1 Å². The molecule has 164 valence electrons. The summed E-state index contributed by atoms with van der Waals surface area (Å²) in [7, 11) is 1.84. The molecule has 2 fully saturated rings. The highest BCUT2D eigenvalue weighted by atomic mass is 16.1. The van der Waals surface area contributed by atoms with E-state index in [9.17, 15) is 4.79 Å². The van der Waals surface area contributed by atoms with Crippen LogP contribution in [0, 0.1) is 5.92 Å². The third-order valence-corrected chi connectivity index (χ3v) is 6.59. The molecule has 2 unspecified atom stereocenters. The van der Waals surface area contributed by atoms with Gasteiger partial charge in [0.25, 0.3) is 0 Å². The number of nitrogens with zero attached hydrogens (tertiary/aromatic N) is 3. The van der Waals surface area contributed by atoms with Crippen LogP contribution >= 0.6 is 0 Å². The predicted molar refractivity (Wildman–Crippen MR) is 125 cm³/mol. The van der Waals surface area contributed by atoms with E-state index in [1.165, 1.54) is 24.9 Å². The number of carbonyl (C=O) groups is 1. The maximum Gasteiger partial charge on any atom is 0.248 e. The Morgan fingerprint density at radius 2 is 1.90 bits per heavy atom. The minimum Gasteiger partial charge on any atom is -0.366 e. The summed E-state index contributed by atoms with van der Waals surface area (Å²) in [4.78, 5) is 21.1. The molecule has 0 saturated carbocycles. The molecule has 0 aromatic heterocycles. The number of hydrogen-bond acceptors (Lipinski definition) is 3. The average molecular weight is 420 g/mol. The molecule has 0 aliphatic carbocycles. The van der Waals surface area contributed by atoms with Gasteiger partial charge in [-0.1, -0.05) is 42.5 Å². The molecular formula is C25H33N5O. The summed E-state index contributed by atoms with van der Waals surface area (Å²) in [6.07, 6.45) is 3.70. The van der Waals surface area contributed by atoms with Crippen LogP contribution in [0.15, 0.2) is 59.6 Å². The van der Waals surface area contributed by atoms with Gasteiger partial charge < -0.3 is 16.0 Å². The molecule has 2 aromatic rings. The number of nitrogens with one attached hydrogen (secondary N) is 1. The van der Waals surface area contributed by atoms with Gasteiger partial charge in [0.05, 0.1) is 0 Å². The Bertz CT molecular complexity index is 913. The number of amides is 1. The Hall–Kier alpha value is -2.86. The zero-order chi connectivity index (χ0) is 21.6. The minimum absolute atomic E-state index is 0.398. The van der Waals surface area contributed by atoms with Gasteiger partial charge in [-0.25, -0.2) is 0 Å². The fourth-order valence-electron chi connectivity index (χ4n) is 5.06. The molecule has 2 aliphatic heterocycles. The third-order valence-electron chi connectivity index (χ3n) is 6.59. The topological polar surface area (TPSA) is 74.0 Å². The molecular weight excluding hydrogens is 386 g/mol. The first kappa shape index (κ1) is 21.4. The largest absolute Gasteiger partial charge is 0.366 e. The van der Waals surface area contributed by atoms with Gasteiger partial charge in [0.2, 0.25) is 5.91 Å². The fraction of sp³-hybridized carbons (Fsp3) is 0.440. The standard InChI is InChI=1S/C25H33N5O/c1-27-25(28-16-20-9-5-10-21(15-20)24(26)31)30-14-12-23-22(18-30)11-6-13-29(23)17-19-7-3-2-4-8-19/h2-5,7-10,15,22-23H,6,11-14,16-18H2,1H3,(H2,26,31)(H,27,28). The summed E-state index contributed by atoms with van der Waals surface area (Å²) in [5.74, 6) is 1.21. The molecule has 2 atom stereocenters. The van der Waals surface area contributed by atoms with Crippen LogP contribution in [0.4, 0.5) is 0 Å². The van der Waals surface area contributed by atoms with Gasteiger partial charge >= 0.3 is 0 Å². The van der Waals surface area contributed by atoms with E-state index >= 15 is 0 Å². The van der Waals surface area contributed by atoms with Crippen molar-refractivity contribution in [3.8, 4) is 0 Å². The molecule has 2 aliphatic rings. The summed E-state index contributed by atoms with van der Waals surface area (Å²) in [5.41, 5.74) is 8.38. The van der Waals surface area contributed by atoms with Gasteiger partial charge in [0.1, 0.15) is 0 Å². The Kier molecular flexibility index (Phi) is 6.87. The smallest absolute Gasteiger partial charge is 0.248 e. The molecule has 31 heavy (non-hydrogen) atoms. The van der Waals surface area contributed by atoms with Crippen molar-refractivity contribution in [1.82, 2.24) is 15.1 Å². The van der Waals surface area contributed by atoms with Crippen LogP contribution in [0.2, 0.25) is 0 Å². The van der Waals surface area contributed by atoms with Gasteiger partial charge in [-0.05, 0) is 55.0 Å². The quantitative estimate of drug-likeness (QED) is 0.577. The highest BCUT2D eigenvalue weighted by molar-refractivity contribution is 5.92. The van der Waals surface area contributed by atoms with Crippen molar-refractivity contribution in [1.29, 1.82) is 0 Å². The Balaban J connectivity index is 1.35. The van der Waals surface area contributed by atoms with E-state index in [4.69, 9.17) is 5.73 Å². The maximum absolute atomic E-state index is 11.4. The lowest BCUT2D eigenvalue weighted by molar-refractivity contribution is 0.0372. The van der Waals surface area contributed by atoms with Crippen LogP contribution in [0.1, 0.15) is 40.7 Å². The highest BCUT2D eigenvalue weighted by Crippen LogP contribution is 2.31. The van der Waals surface area contributed by atoms with E-state index in [2.05, 4.69) is 50.4 Å². The predicted octanol–water partition coefficient (Wildman–Crippen LogP) is 2.85. The molecule has 0 bridgehead atoms. The maximum atomic E-state index is 11.4. The van der Waals surface area contributed by atoms with Crippen molar-refractivity contribution in [2.75, 3.05) is 26.7 Å². The minimum atomic E-state index is -0.398. The fourth-order valence-corrected chi connectivity index (χ4v) is 5.06. The van der Waals surface area contributed by atoms with Gasteiger partial charge in [-0.2, -0.15) is 0 Å². The number of fused-ring (bicyclic) bond motifs is 1. The number of piperidine rings is 2. The molecule has 1 amide bonds. The molecule has 2 heterocycles. The second-order valence-corrected chi connectivity index (χ2v) is 8.63. The second kappa shape index (κ2) is 9.96. The Labute approximate surface area is 185 Å². The summed E-state index contributed by atoms with van der Waals surface area (Å²) in [5, 5.41) is 3.48. The van der Waals surface area contributed by atoms with Crippen molar-refractivity contribution in [3.05, 3.63) is 71.3 Å². The SMILES string of the molecule is CN=C(NCc1cccc(C(N)=O)c1)N1CCC2C(CCCN2Cc2ccccc2)C1. The summed E-state index contributed by atoms with van der Waals surface area (Å²) < 4.78 is 0. The van der Waals surface area contributed by atoms with Crippen molar-refractivity contribution in [2.24, 2.45) is 16.6 Å². The molecule has 6 heteroatoms. The molecule has 6 nitrogen and oxygen atoms in total. The number of guanidine groups is 1. The molecule has 0 radical (unpaired) electrons. The van der Waals surface area contributed by atoms with Gasteiger partial charge in [0.15, 0.2) is 5.96 Å². The molecule has 4 rings (SSSR count). The van der Waals surface area contributed by atoms with Crippen LogP contribution in [0.5, 0.6) is 0 Å². The van der Waals surface area contributed by atoms with Crippen LogP contribution in [0.25, 0.3) is 0 Å². The Morgan fingerprint density at radius 3 is 2.68 bits per heavy atom. The number of hydrogen-bond donors (Lipinski definition) is 2.